The molecule has 7 nitrogen and oxygen atoms in total. The Balaban J connectivity index is 1.84. The van der Waals surface area contributed by atoms with Crippen LogP contribution in [-0.4, -0.2) is 26.6 Å². The highest BCUT2D eigenvalue weighted by Gasteiger charge is 2.14. The first-order valence-electron chi connectivity index (χ1n) is 9.20. The average molecular weight is 449 g/mol. The van der Waals surface area contributed by atoms with Crippen LogP contribution in [0, 0.1) is 6.92 Å². The number of amides is 1. The second-order valence-corrected chi connectivity index (χ2v) is 9.19. The summed E-state index contributed by atoms with van der Waals surface area (Å²) in [5.41, 5.74) is 2.39. The second kappa shape index (κ2) is 8.89. The summed E-state index contributed by atoms with van der Waals surface area (Å²) in [4.78, 5) is 23.4. The predicted molar refractivity (Wildman–Crippen MR) is 118 cm³/mol. The fourth-order valence-corrected chi connectivity index (χ4v) is 4.24. The van der Waals surface area contributed by atoms with E-state index in [-0.39, 0.29) is 24.6 Å². The van der Waals surface area contributed by atoms with Gasteiger partial charge in [0.05, 0.1) is 5.75 Å². The molecule has 0 aliphatic carbocycles. The van der Waals surface area contributed by atoms with E-state index in [1.807, 2.05) is 6.92 Å². The Bertz CT molecular complexity index is 1270. The molecule has 0 aliphatic heterocycles. The molecule has 0 radical (unpaired) electrons. The summed E-state index contributed by atoms with van der Waals surface area (Å²) >= 11 is 6.07. The van der Waals surface area contributed by atoms with Gasteiger partial charge in [-0.1, -0.05) is 23.7 Å². The molecule has 0 saturated heterocycles. The van der Waals surface area contributed by atoms with Crippen molar-refractivity contribution in [3.8, 4) is 0 Å². The Morgan fingerprint density at radius 1 is 1.17 bits per heavy atom. The van der Waals surface area contributed by atoms with E-state index in [1.54, 1.807) is 42.5 Å². The molecular formula is C21H21ClN2O5S. The molecule has 30 heavy (non-hydrogen) atoms. The number of sulfonamides is 1. The normalized spacial score (nSPS) is 11.4. The van der Waals surface area contributed by atoms with Crippen molar-refractivity contribution in [2.75, 3.05) is 17.0 Å². The zero-order chi connectivity index (χ0) is 21.9. The summed E-state index contributed by atoms with van der Waals surface area (Å²) in [6.45, 7) is 3.17. The standard InChI is InChI=1S/C21H21ClN2O5S/c1-13-18-12-16(22)6-7-20(18)29-21(26)19(13)11-15-4-3-5-17(10-15)24-30(27,28)9-8-23-14(2)25/h3-7,10,12,24H,8-9,11H2,1-2H3,(H,23,25). The quantitative estimate of drug-likeness (QED) is 0.540. The molecule has 1 heterocycles. The van der Waals surface area contributed by atoms with Gasteiger partial charge in [-0.25, -0.2) is 13.2 Å². The molecule has 0 unspecified atom stereocenters. The minimum atomic E-state index is -3.63. The number of rotatable bonds is 7. The number of hydrogen-bond donors (Lipinski definition) is 2. The van der Waals surface area contributed by atoms with Crippen molar-refractivity contribution in [2.45, 2.75) is 20.3 Å². The summed E-state index contributed by atoms with van der Waals surface area (Å²) in [6, 6.07) is 11.9. The highest BCUT2D eigenvalue weighted by Crippen LogP contribution is 2.25. The third kappa shape index (κ3) is 5.40. The number of aryl methyl sites for hydroxylation is 1. The summed E-state index contributed by atoms with van der Waals surface area (Å²) in [5.74, 6) is -0.539. The largest absolute Gasteiger partial charge is 0.423 e. The van der Waals surface area contributed by atoms with Crippen molar-refractivity contribution in [1.82, 2.24) is 5.32 Å². The topological polar surface area (TPSA) is 105 Å². The zero-order valence-corrected chi connectivity index (χ0v) is 18.1. The number of nitrogens with one attached hydrogen (secondary N) is 2. The van der Waals surface area contributed by atoms with Crippen LogP contribution in [0.2, 0.25) is 5.02 Å². The molecule has 0 bridgehead atoms. The van der Waals surface area contributed by atoms with Gasteiger partial charge < -0.3 is 9.73 Å². The molecule has 1 aromatic heterocycles. The smallest absolute Gasteiger partial charge is 0.340 e. The first-order chi connectivity index (χ1) is 14.1. The summed E-state index contributed by atoms with van der Waals surface area (Å²) in [5, 5.41) is 3.75. The number of fused-ring (bicyclic) bond motifs is 1. The lowest BCUT2D eigenvalue weighted by Gasteiger charge is -2.11. The Kier molecular flexibility index (Phi) is 6.48. The lowest BCUT2D eigenvalue weighted by molar-refractivity contribution is -0.118. The first-order valence-corrected chi connectivity index (χ1v) is 11.2. The number of carbonyl (C=O) groups is 1. The van der Waals surface area contributed by atoms with Gasteiger partial charge in [-0.3, -0.25) is 9.52 Å². The van der Waals surface area contributed by atoms with Crippen LogP contribution >= 0.6 is 11.6 Å². The molecule has 0 saturated carbocycles. The highest BCUT2D eigenvalue weighted by atomic mass is 35.5. The predicted octanol–water partition coefficient (Wildman–Crippen LogP) is 3.22. The van der Waals surface area contributed by atoms with E-state index < -0.39 is 15.6 Å². The Morgan fingerprint density at radius 3 is 2.67 bits per heavy atom. The molecule has 0 spiro atoms. The van der Waals surface area contributed by atoms with Crippen molar-refractivity contribution in [1.29, 1.82) is 0 Å². The Labute approximate surface area is 179 Å². The molecule has 2 N–H and O–H groups in total. The molecular weight excluding hydrogens is 428 g/mol. The molecule has 3 aromatic rings. The maximum Gasteiger partial charge on any atom is 0.340 e. The van der Waals surface area contributed by atoms with E-state index >= 15 is 0 Å². The van der Waals surface area contributed by atoms with Crippen molar-refractivity contribution in [3.63, 3.8) is 0 Å². The van der Waals surface area contributed by atoms with Crippen LogP contribution in [0.1, 0.15) is 23.6 Å². The maximum atomic E-state index is 12.5. The summed E-state index contributed by atoms with van der Waals surface area (Å²) in [7, 11) is -3.63. The van der Waals surface area contributed by atoms with Gasteiger partial charge in [-0.15, -0.1) is 0 Å². The number of halogens is 1. The van der Waals surface area contributed by atoms with Gasteiger partial charge in [0.15, 0.2) is 0 Å². The lowest BCUT2D eigenvalue weighted by Crippen LogP contribution is -2.29. The average Bonchev–Trinajstić information content (AvgIpc) is 2.65. The first kappa shape index (κ1) is 21.9. The van der Waals surface area contributed by atoms with Crippen LogP contribution in [0.5, 0.6) is 0 Å². The fraction of sp³-hybridized carbons (Fsp3) is 0.238. The minimum absolute atomic E-state index is 0.0181. The molecule has 158 valence electrons. The molecule has 0 atom stereocenters. The number of benzene rings is 2. The van der Waals surface area contributed by atoms with Gasteiger partial charge in [-0.2, -0.15) is 0 Å². The van der Waals surface area contributed by atoms with Gasteiger partial charge in [0, 0.05) is 41.5 Å². The second-order valence-electron chi connectivity index (χ2n) is 6.91. The van der Waals surface area contributed by atoms with Crippen molar-refractivity contribution in [2.24, 2.45) is 0 Å². The molecule has 1 amide bonds. The van der Waals surface area contributed by atoms with E-state index in [0.717, 1.165) is 16.5 Å². The van der Waals surface area contributed by atoms with Gasteiger partial charge in [0.25, 0.3) is 0 Å². The molecule has 3 rings (SSSR count). The van der Waals surface area contributed by atoms with E-state index in [0.29, 0.717) is 21.9 Å². The summed E-state index contributed by atoms with van der Waals surface area (Å²) < 4.78 is 32.3. The van der Waals surface area contributed by atoms with Crippen molar-refractivity contribution >= 4 is 44.2 Å². The number of anilines is 1. The van der Waals surface area contributed by atoms with Crippen LogP contribution in [0.25, 0.3) is 11.0 Å². The van der Waals surface area contributed by atoms with Crippen LogP contribution in [0.4, 0.5) is 5.69 Å². The minimum Gasteiger partial charge on any atom is -0.423 e. The van der Waals surface area contributed by atoms with Crippen molar-refractivity contribution < 1.29 is 17.6 Å². The maximum absolute atomic E-state index is 12.5. The Hall–Kier alpha value is -2.84. The number of carbonyl (C=O) groups excluding carboxylic acids is 1. The molecule has 2 aromatic carbocycles. The van der Waals surface area contributed by atoms with E-state index in [2.05, 4.69) is 10.0 Å². The molecule has 0 fully saturated rings. The highest BCUT2D eigenvalue weighted by molar-refractivity contribution is 7.92. The van der Waals surface area contributed by atoms with Gasteiger partial charge in [0.2, 0.25) is 15.9 Å². The van der Waals surface area contributed by atoms with Gasteiger partial charge in [-0.05, 0) is 48.4 Å². The van der Waals surface area contributed by atoms with Crippen LogP contribution in [0.15, 0.2) is 51.7 Å². The van der Waals surface area contributed by atoms with E-state index in [9.17, 15) is 18.0 Å². The monoisotopic (exact) mass is 448 g/mol. The fourth-order valence-electron chi connectivity index (χ4n) is 3.11. The third-order valence-electron chi connectivity index (χ3n) is 4.57. The summed E-state index contributed by atoms with van der Waals surface area (Å²) in [6.07, 6.45) is 0.276. The third-order valence-corrected chi connectivity index (χ3v) is 6.10. The van der Waals surface area contributed by atoms with Crippen LogP contribution < -0.4 is 15.7 Å². The number of hydrogen-bond acceptors (Lipinski definition) is 5. The van der Waals surface area contributed by atoms with E-state index in [4.69, 9.17) is 16.0 Å². The SMILES string of the molecule is CC(=O)NCCS(=O)(=O)Nc1cccc(Cc2c(C)c3cc(Cl)ccc3oc2=O)c1. The lowest BCUT2D eigenvalue weighted by atomic mass is 9.99. The molecule has 9 heteroatoms. The van der Waals surface area contributed by atoms with Crippen molar-refractivity contribution in [3.05, 3.63) is 74.6 Å². The zero-order valence-electron chi connectivity index (χ0n) is 16.5. The molecule has 0 aliphatic rings. The van der Waals surface area contributed by atoms with Gasteiger partial charge >= 0.3 is 5.63 Å². The van der Waals surface area contributed by atoms with Crippen LogP contribution in [-0.2, 0) is 21.2 Å². The van der Waals surface area contributed by atoms with Gasteiger partial charge in [0.1, 0.15) is 5.58 Å². The Morgan fingerprint density at radius 2 is 1.93 bits per heavy atom. The van der Waals surface area contributed by atoms with E-state index in [1.165, 1.54) is 6.92 Å². The van der Waals surface area contributed by atoms with Crippen LogP contribution in [0.3, 0.4) is 0 Å².